The molecule has 1 aliphatic heterocycles. The van der Waals surface area contributed by atoms with E-state index < -0.39 is 0 Å². The van der Waals surface area contributed by atoms with Crippen molar-refractivity contribution in [2.75, 3.05) is 13.1 Å². The van der Waals surface area contributed by atoms with Crippen LogP contribution in [0.1, 0.15) is 42.6 Å². The Morgan fingerprint density at radius 2 is 1.89 bits per heavy atom. The number of nitrogens with zero attached hydrogens (tertiary/aromatic N) is 1. The molecule has 18 heavy (non-hydrogen) atoms. The highest BCUT2D eigenvalue weighted by Crippen LogP contribution is 2.31. The van der Waals surface area contributed by atoms with E-state index in [4.69, 9.17) is 0 Å². The van der Waals surface area contributed by atoms with Crippen molar-refractivity contribution in [3.05, 3.63) is 33.8 Å². The summed E-state index contributed by atoms with van der Waals surface area (Å²) in [6, 6.07) is 5.86. The second-order valence-electron chi connectivity index (χ2n) is 5.89. The van der Waals surface area contributed by atoms with Gasteiger partial charge in [0.2, 0.25) is 0 Å². The van der Waals surface area contributed by atoms with Crippen LogP contribution in [0.4, 0.5) is 0 Å². The molecule has 0 unspecified atom stereocenters. The Morgan fingerprint density at radius 3 is 2.50 bits per heavy atom. The number of likely N-dealkylation sites (tertiary alicyclic amines) is 1. The summed E-state index contributed by atoms with van der Waals surface area (Å²) in [5.74, 6) is 0.154. The number of hydrogen-bond donors (Lipinski definition) is 0. The van der Waals surface area contributed by atoms with Crippen LogP contribution in [-0.2, 0) is 0 Å². The summed E-state index contributed by atoms with van der Waals surface area (Å²) >= 11 is 3.52. The smallest absolute Gasteiger partial charge is 0.255 e. The van der Waals surface area contributed by atoms with Gasteiger partial charge in [0.15, 0.2) is 0 Å². The van der Waals surface area contributed by atoms with Gasteiger partial charge in [-0.05, 0) is 52.7 Å². The molecule has 0 N–H and O–H groups in total. The monoisotopic (exact) mass is 309 g/mol. The number of benzene rings is 1. The van der Waals surface area contributed by atoms with Gasteiger partial charge in [-0.15, -0.1) is 0 Å². The lowest BCUT2D eigenvalue weighted by Gasteiger charge is -2.37. The van der Waals surface area contributed by atoms with Crippen molar-refractivity contribution in [1.82, 2.24) is 4.90 Å². The molecule has 2 nitrogen and oxygen atoms in total. The van der Waals surface area contributed by atoms with Crippen molar-refractivity contribution >= 4 is 21.8 Å². The van der Waals surface area contributed by atoms with Crippen LogP contribution in [0.15, 0.2) is 22.7 Å². The van der Waals surface area contributed by atoms with E-state index in [1.165, 1.54) is 0 Å². The van der Waals surface area contributed by atoms with Crippen LogP contribution >= 0.6 is 15.9 Å². The van der Waals surface area contributed by atoms with E-state index in [0.29, 0.717) is 5.41 Å². The van der Waals surface area contributed by atoms with E-state index in [0.717, 1.165) is 41.5 Å². The van der Waals surface area contributed by atoms with Crippen molar-refractivity contribution in [1.29, 1.82) is 0 Å². The Morgan fingerprint density at radius 1 is 1.28 bits per heavy atom. The molecule has 0 atom stereocenters. The lowest BCUT2D eigenvalue weighted by molar-refractivity contribution is 0.0629. The molecule has 0 bridgehead atoms. The van der Waals surface area contributed by atoms with Crippen molar-refractivity contribution in [3.63, 3.8) is 0 Å². The Bertz CT molecular complexity index is 458. The van der Waals surface area contributed by atoms with Gasteiger partial charge in [-0.25, -0.2) is 0 Å². The predicted octanol–water partition coefficient (Wildman–Crippen LogP) is 4.02. The van der Waals surface area contributed by atoms with E-state index in [1.54, 1.807) is 0 Å². The minimum Gasteiger partial charge on any atom is -0.339 e. The van der Waals surface area contributed by atoms with Crippen molar-refractivity contribution < 1.29 is 4.79 Å². The first-order valence-electron chi connectivity index (χ1n) is 6.45. The molecule has 1 saturated heterocycles. The highest BCUT2D eigenvalue weighted by molar-refractivity contribution is 9.10. The maximum Gasteiger partial charge on any atom is 0.255 e. The van der Waals surface area contributed by atoms with Crippen molar-refractivity contribution in [2.24, 2.45) is 5.41 Å². The number of rotatable bonds is 1. The summed E-state index contributed by atoms with van der Waals surface area (Å²) in [6.07, 6.45) is 2.17. The van der Waals surface area contributed by atoms with Gasteiger partial charge in [0.1, 0.15) is 0 Å². The van der Waals surface area contributed by atoms with E-state index in [1.807, 2.05) is 30.0 Å². The average Bonchev–Trinajstić information content (AvgIpc) is 2.32. The van der Waals surface area contributed by atoms with Gasteiger partial charge in [0.05, 0.1) is 5.56 Å². The number of carbonyl (C=O) groups excluding carboxylic acids is 1. The molecular formula is C15H20BrNO. The lowest BCUT2D eigenvalue weighted by Crippen LogP contribution is -2.41. The second-order valence-corrected chi connectivity index (χ2v) is 6.69. The molecule has 1 amide bonds. The topological polar surface area (TPSA) is 20.3 Å². The Balaban J connectivity index is 2.15. The summed E-state index contributed by atoms with van der Waals surface area (Å²) in [4.78, 5) is 14.5. The van der Waals surface area contributed by atoms with E-state index in [-0.39, 0.29) is 5.91 Å². The molecule has 98 valence electrons. The van der Waals surface area contributed by atoms with Gasteiger partial charge >= 0.3 is 0 Å². The normalized spacial score (nSPS) is 18.8. The third-order valence-corrected chi connectivity index (χ3v) is 4.88. The van der Waals surface area contributed by atoms with E-state index in [2.05, 4.69) is 29.8 Å². The van der Waals surface area contributed by atoms with Crippen LogP contribution in [0.2, 0.25) is 0 Å². The second kappa shape index (κ2) is 5.04. The maximum atomic E-state index is 12.5. The standard InChI is InChI=1S/C15H20BrNO/c1-11-5-4-6-12(13(11)16)14(18)17-9-7-15(2,3)8-10-17/h4-6H,7-10H2,1-3H3. The number of carbonyl (C=O) groups is 1. The minimum absolute atomic E-state index is 0.154. The SMILES string of the molecule is Cc1cccc(C(=O)N2CCC(C)(C)CC2)c1Br. The largest absolute Gasteiger partial charge is 0.339 e. The van der Waals surface area contributed by atoms with E-state index in [9.17, 15) is 4.79 Å². The van der Waals surface area contributed by atoms with Crippen molar-refractivity contribution in [3.8, 4) is 0 Å². The first-order valence-corrected chi connectivity index (χ1v) is 7.24. The molecule has 1 fully saturated rings. The van der Waals surface area contributed by atoms with Gasteiger partial charge in [-0.3, -0.25) is 4.79 Å². The molecular weight excluding hydrogens is 290 g/mol. The molecule has 0 aromatic heterocycles. The van der Waals surface area contributed by atoms with Gasteiger partial charge in [0.25, 0.3) is 5.91 Å². The zero-order valence-corrected chi connectivity index (χ0v) is 12.9. The number of amides is 1. The van der Waals surface area contributed by atoms with Crippen LogP contribution in [0.25, 0.3) is 0 Å². The molecule has 1 aromatic carbocycles. The maximum absolute atomic E-state index is 12.5. The first-order chi connectivity index (χ1) is 8.41. The fraction of sp³-hybridized carbons (Fsp3) is 0.533. The summed E-state index contributed by atoms with van der Waals surface area (Å²) in [5.41, 5.74) is 2.27. The van der Waals surface area contributed by atoms with Crippen LogP contribution in [-0.4, -0.2) is 23.9 Å². The molecule has 1 heterocycles. The summed E-state index contributed by atoms with van der Waals surface area (Å²) in [5, 5.41) is 0. The quantitative estimate of drug-likeness (QED) is 0.767. The molecule has 0 saturated carbocycles. The zero-order chi connectivity index (χ0) is 13.3. The van der Waals surface area contributed by atoms with Gasteiger partial charge in [0, 0.05) is 17.6 Å². The summed E-state index contributed by atoms with van der Waals surface area (Å²) in [6.45, 7) is 8.30. The average molecular weight is 310 g/mol. The van der Waals surface area contributed by atoms with Crippen LogP contribution in [0, 0.1) is 12.3 Å². The third-order valence-electron chi connectivity index (χ3n) is 3.83. The third kappa shape index (κ3) is 2.77. The van der Waals surface area contributed by atoms with Gasteiger partial charge in [-0.1, -0.05) is 26.0 Å². The number of hydrogen-bond acceptors (Lipinski definition) is 1. The molecule has 1 aliphatic rings. The number of aryl methyl sites for hydroxylation is 1. The number of halogens is 1. The van der Waals surface area contributed by atoms with Gasteiger partial charge < -0.3 is 4.90 Å². The lowest BCUT2D eigenvalue weighted by atomic mass is 9.82. The fourth-order valence-electron chi connectivity index (χ4n) is 2.30. The van der Waals surface area contributed by atoms with Crippen LogP contribution in [0.3, 0.4) is 0 Å². The van der Waals surface area contributed by atoms with Gasteiger partial charge in [-0.2, -0.15) is 0 Å². The van der Waals surface area contributed by atoms with Crippen molar-refractivity contribution in [2.45, 2.75) is 33.6 Å². The molecule has 0 spiro atoms. The zero-order valence-electron chi connectivity index (χ0n) is 11.3. The van der Waals surface area contributed by atoms with Crippen LogP contribution in [0.5, 0.6) is 0 Å². The highest BCUT2D eigenvalue weighted by atomic mass is 79.9. The Kier molecular flexibility index (Phi) is 3.81. The molecule has 1 aromatic rings. The highest BCUT2D eigenvalue weighted by Gasteiger charge is 2.28. The molecule has 3 heteroatoms. The number of piperidine rings is 1. The predicted molar refractivity (Wildman–Crippen MR) is 77.8 cm³/mol. The summed E-state index contributed by atoms with van der Waals surface area (Å²) in [7, 11) is 0. The molecule has 2 rings (SSSR count). The molecule has 0 radical (unpaired) electrons. The minimum atomic E-state index is 0.154. The van der Waals surface area contributed by atoms with E-state index >= 15 is 0 Å². The first kappa shape index (κ1) is 13.6. The molecule has 0 aliphatic carbocycles. The Hall–Kier alpha value is -0.830. The summed E-state index contributed by atoms with van der Waals surface area (Å²) < 4.78 is 0.930. The van der Waals surface area contributed by atoms with Crippen LogP contribution < -0.4 is 0 Å². The fourth-order valence-corrected chi connectivity index (χ4v) is 2.73. The Labute approximate surface area is 117 Å².